The minimum absolute atomic E-state index is 0.0838. The SMILES string of the molecule is CCCCN(CC)c1cnccc1CO. The van der Waals surface area contributed by atoms with Gasteiger partial charge in [-0.3, -0.25) is 4.98 Å². The molecule has 0 atom stereocenters. The van der Waals surface area contributed by atoms with Crippen LogP contribution in [0, 0.1) is 0 Å². The summed E-state index contributed by atoms with van der Waals surface area (Å²) in [7, 11) is 0. The second-order valence-electron chi connectivity index (χ2n) is 3.60. The Kier molecular flexibility index (Phi) is 5.12. The Bertz CT molecular complexity index is 289. The van der Waals surface area contributed by atoms with Crippen molar-refractivity contribution in [1.29, 1.82) is 0 Å². The van der Waals surface area contributed by atoms with E-state index < -0.39 is 0 Å². The molecular weight excluding hydrogens is 188 g/mol. The average molecular weight is 208 g/mol. The molecule has 1 aromatic heterocycles. The first-order valence-electron chi connectivity index (χ1n) is 5.62. The number of pyridine rings is 1. The van der Waals surface area contributed by atoms with Crippen LogP contribution < -0.4 is 4.90 Å². The highest BCUT2D eigenvalue weighted by Crippen LogP contribution is 2.19. The molecule has 84 valence electrons. The molecule has 1 rings (SSSR count). The second kappa shape index (κ2) is 6.40. The molecule has 0 aliphatic rings. The monoisotopic (exact) mass is 208 g/mol. The summed E-state index contributed by atoms with van der Waals surface area (Å²) in [6.45, 7) is 6.39. The van der Waals surface area contributed by atoms with Gasteiger partial charge in [-0.15, -0.1) is 0 Å². The van der Waals surface area contributed by atoms with Crippen molar-refractivity contribution < 1.29 is 5.11 Å². The highest BCUT2D eigenvalue weighted by atomic mass is 16.3. The van der Waals surface area contributed by atoms with Crippen molar-refractivity contribution in [2.45, 2.75) is 33.3 Å². The van der Waals surface area contributed by atoms with Gasteiger partial charge in [0, 0.05) is 24.8 Å². The molecule has 1 aromatic rings. The van der Waals surface area contributed by atoms with Gasteiger partial charge in [-0.1, -0.05) is 13.3 Å². The Hall–Kier alpha value is -1.09. The maximum atomic E-state index is 9.23. The van der Waals surface area contributed by atoms with Crippen molar-refractivity contribution in [3.05, 3.63) is 24.0 Å². The van der Waals surface area contributed by atoms with E-state index >= 15 is 0 Å². The van der Waals surface area contributed by atoms with Crippen LogP contribution in [-0.2, 0) is 6.61 Å². The third-order valence-corrected chi connectivity index (χ3v) is 2.56. The van der Waals surface area contributed by atoms with E-state index in [1.165, 1.54) is 12.8 Å². The van der Waals surface area contributed by atoms with E-state index in [2.05, 4.69) is 23.7 Å². The van der Waals surface area contributed by atoms with E-state index in [-0.39, 0.29) is 6.61 Å². The molecule has 0 saturated carbocycles. The molecule has 0 aromatic carbocycles. The molecule has 0 amide bonds. The van der Waals surface area contributed by atoms with Crippen LogP contribution in [0.2, 0.25) is 0 Å². The first-order chi connectivity index (χ1) is 7.33. The van der Waals surface area contributed by atoms with Crippen LogP contribution in [-0.4, -0.2) is 23.2 Å². The molecule has 0 saturated heterocycles. The van der Waals surface area contributed by atoms with Crippen LogP contribution >= 0.6 is 0 Å². The number of aliphatic hydroxyl groups excluding tert-OH is 1. The fourth-order valence-electron chi connectivity index (χ4n) is 1.63. The molecule has 0 radical (unpaired) electrons. The van der Waals surface area contributed by atoms with Crippen molar-refractivity contribution in [3.63, 3.8) is 0 Å². The van der Waals surface area contributed by atoms with Gasteiger partial charge in [0.1, 0.15) is 0 Å². The summed E-state index contributed by atoms with van der Waals surface area (Å²) in [5.74, 6) is 0. The van der Waals surface area contributed by atoms with Crippen molar-refractivity contribution in [2.24, 2.45) is 0 Å². The van der Waals surface area contributed by atoms with E-state index in [1.807, 2.05) is 12.3 Å². The van der Waals surface area contributed by atoms with Crippen molar-refractivity contribution in [1.82, 2.24) is 4.98 Å². The number of anilines is 1. The third kappa shape index (κ3) is 3.20. The first kappa shape index (κ1) is 12.0. The first-order valence-corrected chi connectivity index (χ1v) is 5.62. The highest BCUT2D eigenvalue weighted by molar-refractivity contribution is 5.51. The molecule has 0 aliphatic heterocycles. The van der Waals surface area contributed by atoms with Gasteiger partial charge in [0.15, 0.2) is 0 Å². The van der Waals surface area contributed by atoms with Gasteiger partial charge in [0.2, 0.25) is 0 Å². The summed E-state index contributed by atoms with van der Waals surface area (Å²) in [6, 6.07) is 1.88. The number of hydrogen-bond acceptors (Lipinski definition) is 3. The zero-order chi connectivity index (χ0) is 11.1. The highest BCUT2D eigenvalue weighted by Gasteiger charge is 2.08. The number of aromatic nitrogens is 1. The van der Waals surface area contributed by atoms with Crippen LogP contribution in [0.3, 0.4) is 0 Å². The van der Waals surface area contributed by atoms with Crippen LogP contribution in [0.1, 0.15) is 32.3 Å². The Balaban J connectivity index is 2.80. The van der Waals surface area contributed by atoms with Crippen molar-refractivity contribution >= 4 is 5.69 Å². The summed E-state index contributed by atoms with van der Waals surface area (Å²) in [6.07, 6.45) is 5.92. The number of hydrogen-bond donors (Lipinski definition) is 1. The van der Waals surface area contributed by atoms with Gasteiger partial charge in [-0.05, 0) is 19.4 Å². The fraction of sp³-hybridized carbons (Fsp3) is 0.583. The summed E-state index contributed by atoms with van der Waals surface area (Å²) >= 11 is 0. The molecule has 0 aliphatic carbocycles. The van der Waals surface area contributed by atoms with Gasteiger partial charge in [-0.2, -0.15) is 0 Å². The Morgan fingerprint density at radius 2 is 2.20 bits per heavy atom. The molecule has 0 unspecified atom stereocenters. The number of aliphatic hydroxyl groups is 1. The van der Waals surface area contributed by atoms with E-state index in [1.54, 1.807) is 6.20 Å². The summed E-state index contributed by atoms with van der Waals surface area (Å²) in [5.41, 5.74) is 2.03. The smallest absolute Gasteiger partial charge is 0.0703 e. The van der Waals surface area contributed by atoms with E-state index in [0.717, 1.165) is 24.3 Å². The Labute approximate surface area is 91.8 Å². The molecule has 3 nitrogen and oxygen atoms in total. The Morgan fingerprint density at radius 3 is 2.80 bits per heavy atom. The van der Waals surface area contributed by atoms with E-state index in [4.69, 9.17) is 0 Å². The largest absolute Gasteiger partial charge is 0.392 e. The second-order valence-corrected chi connectivity index (χ2v) is 3.60. The van der Waals surface area contributed by atoms with Gasteiger partial charge in [0.25, 0.3) is 0 Å². The molecule has 1 N–H and O–H groups in total. The minimum atomic E-state index is 0.0838. The summed E-state index contributed by atoms with van der Waals surface area (Å²) in [5, 5.41) is 9.23. The van der Waals surface area contributed by atoms with Gasteiger partial charge in [0.05, 0.1) is 18.5 Å². The Morgan fingerprint density at radius 1 is 1.40 bits per heavy atom. The maximum absolute atomic E-state index is 9.23. The van der Waals surface area contributed by atoms with Gasteiger partial charge in [-0.25, -0.2) is 0 Å². The zero-order valence-electron chi connectivity index (χ0n) is 9.61. The lowest BCUT2D eigenvalue weighted by Crippen LogP contribution is -2.25. The third-order valence-electron chi connectivity index (χ3n) is 2.56. The van der Waals surface area contributed by atoms with Gasteiger partial charge < -0.3 is 10.0 Å². The zero-order valence-corrected chi connectivity index (χ0v) is 9.61. The maximum Gasteiger partial charge on any atom is 0.0703 e. The molecule has 3 heteroatoms. The molecule has 15 heavy (non-hydrogen) atoms. The lowest BCUT2D eigenvalue weighted by atomic mass is 10.2. The molecule has 0 fully saturated rings. The topological polar surface area (TPSA) is 36.4 Å². The lowest BCUT2D eigenvalue weighted by Gasteiger charge is -2.24. The predicted molar refractivity (Wildman–Crippen MR) is 63.0 cm³/mol. The number of nitrogens with zero attached hydrogens (tertiary/aromatic N) is 2. The average Bonchev–Trinajstić information content (AvgIpc) is 2.30. The minimum Gasteiger partial charge on any atom is -0.392 e. The van der Waals surface area contributed by atoms with Crippen LogP contribution in [0.25, 0.3) is 0 Å². The molecule has 0 spiro atoms. The van der Waals surface area contributed by atoms with Crippen LogP contribution in [0.15, 0.2) is 18.5 Å². The normalized spacial score (nSPS) is 10.3. The van der Waals surface area contributed by atoms with E-state index in [9.17, 15) is 5.11 Å². The fourth-order valence-corrected chi connectivity index (χ4v) is 1.63. The van der Waals surface area contributed by atoms with Crippen LogP contribution in [0.5, 0.6) is 0 Å². The molecule has 0 bridgehead atoms. The molecular formula is C12H20N2O. The quantitative estimate of drug-likeness (QED) is 0.778. The summed E-state index contributed by atoms with van der Waals surface area (Å²) < 4.78 is 0. The lowest BCUT2D eigenvalue weighted by molar-refractivity contribution is 0.282. The number of rotatable bonds is 6. The number of unbranched alkanes of at least 4 members (excludes halogenated alkanes) is 1. The van der Waals surface area contributed by atoms with Crippen LogP contribution in [0.4, 0.5) is 5.69 Å². The standard InChI is InChI=1S/C12H20N2O/c1-3-5-8-14(4-2)12-9-13-7-6-11(12)10-15/h6-7,9,15H,3-5,8,10H2,1-2H3. The molecule has 1 heterocycles. The van der Waals surface area contributed by atoms with Crippen molar-refractivity contribution in [3.8, 4) is 0 Å². The summed E-state index contributed by atoms with van der Waals surface area (Å²) in [4.78, 5) is 6.38. The van der Waals surface area contributed by atoms with Crippen molar-refractivity contribution in [2.75, 3.05) is 18.0 Å². The van der Waals surface area contributed by atoms with E-state index in [0.29, 0.717) is 0 Å². The predicted octanol–water partition coefficient (Wildman–Crippen LogP) is 2.20. The van der Waals surface area contributed by atoms with Gasteiger partial charge >= 0.3 is 0 Å².